The van der Waals surface area contributed by atoms with Crippen molar-refractivity contribution in [3.63, 3.8) is 0 Å². The molecule has 0 saturated carbocycles. The summed E-state index contributed by atoms with van der Waals surface area (Å²) in [5.41, 5.74) is 20.0. The highest BCUT2D eigenvalue weighted by molar-refractivity contribution is 6.35. The number of carbonyl (C=O) groups excluding carboxylic acids is 1. The number of imidazole rings is 4. The van der Waals surface area contributed by atoms with Crippen molar-refractivity contribution in [1.82, 2.24) is 97.3 Å². The lowest BCUT2D eigenvalue weighted by atomic mass is 9.84. The summed E-state index contributed by atoms with van der Waals surface area (Å²) in [6.45, 7) is 20.1. The number of hydrogen-bond donors (Lipinski definition) is 2. The van der Waals surface area contributed by atoms with Gasteiger partial charge in [-0.2, -0.15) is 0 Å². The van der Waals surface area contributed by atoms with Crippen molar-refractivity contribution < 1.29 is 19.7 Å². The Hall–Kier alpha value is -10.3. The van der Waals surface area contributed by atoms with Gasteiger partial charge in [0.1, 0.15) is 16.9 Å². The first-order valence-electron chi connectivity index (χ1n) is 43.4. The van der Waals surface area contributed by atoms with E-state index >= 15 is 0 Å². The number of benzene rings is 4. The summed E-state index contributed by atoms with van der Waals surface area (Å²) in [7, 11) is 16.3. The molecule has 662 valence electrons. The highest BCUT2D eigenvalue weighted by Gasteiger charge is 2.54. The number of aliphatic hydroxyl groups is 2. The van der Waals surface area contributed by atoms with E-state index in [1.807, 2.05) is 172 Å². The minimum atomic E-state index is -1.27. The molecule has 7 atom stereocenters. The second kappa shape index (κ2) is 37.3. The van der Waals surface area contributed by atoms with E-state index in [-0.39, 0.29) is 37.4 Å². The van der Waals surface area contributed by atoms with Gasteiger partial charge in [-0.1, -0.05) is 102 Å². The van der Waals surface area contributed by atoms with Crippen molar-refractivity contribution in [1.29, 1.82) is 0 Å². The smallest absolute Gasteiger partial charge is 0.211 e. The molecule has 0 amide bonds. The number of carbonyl (C=O) groups is 1. The van der Waals surface area contributed by atoms with Gasteiger partial charge in [-0.15, -0.1) is 0 Å². The number of Topliss-reactive ketones (excluding diaryl/α,β-unsaturated/α-hetero) is 1. The number of pyridine rings is 4. The molecule has 5 aliphatic heterocycles. The maximum atomic E-state index is 13.6. The van der Waals surface area contributed by atoms with Gasteiger partial charge in [-0.05, 0) is 217 Å². The predicted octanol–water partition coefficient (Wildman–Crippen LogP) is 14.9. The number of rotatable bonds is 12. The van der Waals surface area contributed by atoms with Gasteiger partial charge in [0.25, 0.3) is 0 Å². The summed E-state index contributed by atoms with van der Waals surface area (Å²) in [6, 6.07) is 40.4. The van der Waals surface area contributed by atoms with E-state index in [4.69, 9.17) is 71.1 Å². The number of fused-ring (bicyclic) bond motifs is 8. The largest absolute Gasteiger partial charge is 0.379 e. The number of nitrogens with zero attached hydrogens (tertiary/aromatic N) is 20. The SMILES string of the molecule is C.CN1CCN(C2c3ccc(Cl)cc3C(C(=O)c3cncn3C)=Cc3cccnc32)CC1.CN1CCN(C2c3ccc(Cl)cc3C(C(C)(O)c3cncn3C)=Cc3cccnc32)CC1.CN1CCN(C2c3ccc(Cl)cc3C(C(C)(O)c3cncn3C)=Cc3cccnc32)CC1.CN1CCN(C2c3ccc(Cl)cc3C(C3(c4cncn4C)CO3)=Cc3cccnc32)CC1. The van der Waals surface area contributed by atoms with E-state index in [0.717, 1.165) is 228 Å². The topological polar surface area (TPSA) is 219 Å². The van der Waals surface area contributed by atoms with E-state index in [1.54, 1.807) is 42.1 Å². The Kier molecular flexibility index (Phi) is 26.1. The van der Waals surface area contributed by atoms with E-state index in [0.29, 0.717) is 32.9 Å². The van der Waals surface area contributed by atoms with Crippen LogP contribution in [0.4, 0.5) is 0 Å². The minimum Gasteiger partial charge on any atom is -0.379 e. The molecule has 4 aliphatic carbocycles. The number of epoxide rings is 1. The van der Waals surface area contributed by atoms with Gasteiger partial charge < -0.3 is 52.8 Å². The number of aromatic nitrogens is 12. The summed E-state index contributed by atoms with van der Waals surface area (Å²) >= 11 is 26.0. The Morgan fingerprint density at radius 1 is 0.391 bits per heavy atom. The molecule has 0 bridgehead atoms. The summed E-state index contributed by atoms with van der Waals surface area (Å²) in [6.07, 6.45) is 29.7. The molecule has 21 rings (SSSR count). The Morgan fingerprint density at radius 2 is 0.703 bits per heavy atom. The zero-order valence-corrected chi connectivity index (χ0v) is 76.3. The number of aryl methyl sites for hydroxylation is 4. The maximum absolute atomic E-state index is 13.6. The number of ether oxygens (including phenoxy) is 1. The molecular formula is C100H110Cl4N20O4. The van der Waals surface area contributed by atoms with Crippen molar-refractivity contribution in [2.75, 3.05) is 140 Å². The van der Waals surface area contributed by atoms with Crippen LogP contribution >= 0.6 is 46.4 Å². The number of halogens is 4. The Balaban J connectivity index is 0.000000120. The highest BCUT2D eigenvalue weighted by atomic mass is 35.5. The molecule has 24 nitrogen and oxygen atoms in total. The van der Waals surface area contributed by atoms with Gasteiger partial charge >= 0.3 is 0 Å². The van der Waals surface area contributed by atoms with Crippen molar-refractivity contribution in [3.05, 3.63) is 329 Å². The van der Waals surface area contributed by atoms with Crippen LogP contribution in [0.15, 0.2) is 196 Å². The molecule has 13 heterocycles. The maximum Gasteiger partial charge on any atom is 0.211 e. The van der Waals surface area contributed by atoms with Crippen molar-refractivity contribution >= 4 is 98.8 Å². The molecule has 5 fully saturated rings. The van der Waals surface area contributed by atoms with E-state index in [9.17, 15) is 15.0 Å². The average Bonchev–Trinajstić information content (AvgIpc) is 1.54. The molecule has 9 aliphatic rings. The number of hydrogen-bond acceptors (Lipinski definition) is 20. The van der Waals surface area contributed by atoms with E-state index in [2.05, 4.69) is 154 Å². The third-order valence-corrected chi connectivity index (χ3v) is 27.7. The third kappa shape index (κ3) is 17.5. The summed E-state index contributed by atoms with van der Waals surface area (Å²) < 4.78 is 13.7. The quantitative estimate of drug-likeness (QED) is 0.0858. The molecule has 28 heteroatoms. The Labute approximate surface area is 769 Å². The zero-order valence-electron chi connectivity index (χ0n) is 73.3. The monoisotopic (exact) mass is 1790 g/mol. The van der Waals surface area contributed by atoms with Crippen molar-refractivity contribution in [2.24, 2.45) is 28.2 Å². The van der Waals surface area contributed by atoms with Gasteiger partial charge in [-0.25, -0.2) is 19.9 Å². The zero-order chi connectivity index (χ0) is 88.3. The van der Waals surface area contributed by atoms with Crippen LogP contribution < -0.4 is 0 Å². The van der Waals surface area contributed by atoms with Gasteiger partial charge in [-0.3, -0.25) is 44.3 Å². The molecule has 2 N–H and O–H groups in total. The van der Waals surface area contributed by atoms with Gasteiger partial charge in [0.2, 0.25) is 5.78 Å². The highest BCUT2D eigenvalue weighted by Crippen LogP contribution is 2.56. The van der Waals surface area contributed by atoms with Crippen molar-refractivity contribution in [3.8, 4) is 0 Å². The number of likely N-dealkylation sites (N-methyl/N-ethyl adjacent to an activating group) is 4. The second-order valence-corrected chi connectivity index (χ2v) is 36.9. The lowest BCUT2D eigenvalue weighted by Gasteiger charge is -2.39. The molecule has 7 unspecified atom stereocenters. The van der Waals surface area contributed by atoms with Crippen LogP contribution in [-0.2, 0) is 49.7 Å². The van der Waals surface area contributed by atoms with Crippen LogP contribution in [0.5, 0.6) is 0 Å². The lowest BCUT2D eigenvalue weighted by molar-refractivity contribution is 0.104. The van der Waals surface area contributed by atoms with Gasteiger partial charge in [0.05, 0.1) is 121 Å². The summed E-state index contributed by atoms with van der Waals surface area (Å²) in [5.74, 6) is -0.0719. The number of allylic oxidation sites excluding steroid dienone is 1. The van der Waals surface area contributed by atoms with Gasteiger partial charge in [0.15, 0.2) is 5.60 Å². The first-order chi connectivity index (χ1) is 61.3. The fourth-order valence-electron chi connectivity index (χ4n) is 19.7. The fraction of sp³-hybridized carbons (Fsp3) is 0.350. The van der Waals surface area contributed by atoms with Crippen LogP contribution in [0.1, 0.15) is 163 Å². The Morgan fingerprint density at radius 3 is 1.04 bits per heavy atom. The minimum absolute atomic E-state index is 0. The predicted molar refractivity (Wildman–Crippen MR) is 509 cm³/mol. The summed E-state index contributed by atoms with van der Waals surface area (Å²) in [5, 5.41) is 26.4. The van der Waals surface area contributed by atoms with Gasteiger partial charge in [0, 0.05) is 189 Å². The molecule has 5 saturated heterocycles. The lowest BCUT2D eigenvalue weighted by Crippen LogP contribution is -2.46. The molecule has 4 aromatic carbocycles. The molecule has 12 aromatic rings. The first-order valence-corrected chi connectivity index (χ1v) is 44.9. The van der Waals surface area contributed by atoms with Crippen LogP contribution in [-0.4, -0.2) is 253 Å². The normalized spacial score (nSPS) is 21.7. The molecule has 0 spiro atoms. The van der Waals surface area contributed by atoms with Crippen molar-refractivity contribution in [2.45, 2.75) is 62.2 Å². The molecule has 8 aromatic heterocycles. The number of piperazine rings is 4. The van der Waals surface area contributed by atoms with Crippen LogP contribution in [0.25, 0.3) is 46.6 Å². The van der Waals surface area contributed by atoms with E-state index in [1.165, 1.54) is 5.56 Å². The first kappa shape index (κ1) is 89.6. The number of ketones is 1. The fourth-order valence-corrected chi connectivity index (χ4v) is 20.4. The van der Waals surface area contributed by atoms with Crippen LogP contribution in [0, 0.1) is 0 Å². The molecular weight excluding hydrogens is 1690 g/mol. The van der Waals surface area contributed by atoms with Crippen LogP contribution in [0.3, 0.4) is 0 Å². The molecule has 0 radical (unpaired) electrons. The average molecular weight is 1800 g/mol. The second-order valence-electron chi connectivity index (χ2n) is 35.2. The van der Waals surface area contributed by atoms with E-state index < -0.39 is 16.8 Å². The third-order valence-electron chi connectivity index (χ3n) is 26.8. The summed E-state index contributed by atoms with van der Waals surface area (Å²) in [4.78, 5) is 69.4. The molecule has 128 heavy (non-hydrogen) atoms. The van der Waals surface area contributed by atoms with Crippen LogP contribution in [0.2, 0.25) is 20.1 Å². The standard InChI is InChI=1S/C25H26ClN5O.2C25H28ClN5O.C24H24ClN5O.CH4/c1-29-8-10-31(11-9-29)24-19-6-5-18(26)13-20(19)21(12-17-4-3-7-28-23(17)24)25(15-32-25)22-14-27-16-30(22)2;2*1-25(32,22-15-27-16-30(22)3)21-13-17-5-4-8-28-23(17)24(31-11-9-29(2)10-12-31)19-7-6-18(26)14-20(19)21;1-28-8-10-30(11-9-28)23-18-6-5-17(25)13-19(18)20(12-16-4-3-7-27-22(16)23)24(31)21-14-26-15-29(21)2;/h3-7,12-14,16,24H,8-11,15H2,1-2H3;2*4-8,13-16,24,32H,9-12H2,1-3H3;3-7,12-15,23H,8-11H2,1-2H3;1H4. The Bertz CT molecular complexity index is 5800.